The SMILES string of the molecule is COc1ccccc1-c1nnc(SCC(=O)Nc2cccc(C)c2)n1CCc1ccccc1. The number of benzene rings is 3. The van der Waals surface area contributed by atoms with E-state index in [1.807, 2.05) is 73.7 Å². The van der Waals surface area contributed by atoms with E-state index in [2.05, 4.69) is 32.2 Å². The number of hydrogen-bond acceptors (Lipinski definition) is 5. The molecule has 0 spiro atoms. The van der Waals surface area contributed by atoms with Crippen molar-refractivity contribution < 1.29 is 9.53 Å². The summed E-state index contributed by atoms with van der Waals surface area (Å²) in [5.74, 6) is 1.62. The van der Waals surface area contributed by atoms with E-state index in [1.165, 1.54) is 17.3 Å². The first-order chi connectivity index (χ1) is 16.1. The molecule has 1 aromatic heterocycles. The van der Waals surface area contributed by atoms with Crippen molar-refractivity contribution in [2.45, 2.75) is 25.0 Å². The van der Waals surface area contributed by atoms with Gasteiger partial charge in [-0.2, -0.15) is 0 Å². The predicted octanol–water partition coefficient (Wildman–Crippen LogP) is 5.24. The highest BCUT2D eigenvalue weighted by atomic mass is 32.2. The number of thioether (sulfide) groups is 1. The summed E-state index contributed by atoms with van der Waals surface area (Å²) in [7, 11) is 1.65. The number of anilines is 1. The molecule has 0 atom stereocenters. The quantitative estimate of drug-likeness (QED) is 0.348. The summed E-state index contributed by atoms with van der Waals surface area (Å²) in [6.07, 6.45) is 0.823. The molecule has 1 N–H and O–H groups in total. The molecule has 0 radical (unpaired) electrons. The zero-order valence-corrected chi connectivity index (χ0v) is 19.5. The molecule has 4 rings (SSSR count). The third-order valence-corrected chi connectivity index (χ3v) is 6.13. The third kappa shape index (κ3) is 5.81. The number of ether oxygens (including phenoxy) is 1. The largest absolute Gasteiger partial charge is 0.496 e. The van der Waals surface area contributed by atoms with Crippen molar-refractivity contribution in [3.05, 3.63) is 90.0 Å². The lowest BCUT2D eigenvalue weighted by atomic mass is 10.1. The molecule has 0 fully saturated rings. The number of amides is 1. The summed E-state index contributed by atoms with van der Waals surface area (Å²) < 4.78 is 7.61. The number of carbonyl (C=O) groups is 1. The van der Waals surface area contributed by atoms with Crippen molar-refractivity contribution in [2.24, 2.45) is 0 Å². The molecular formula is C26H26N4O2S. The maximum absolute atomic E-state index is 12.6. The van der Waals surface area contributed by atoms with Crippen molar-refractivity contribution in [2.75, 3.05) is 18.2 Å². The van der Waals surface area contributed by atoms with Gasteiger partial charge >= 0.3 is 0 Å². The number of carbonyl (C=O) groups excluding carboxylic acids is 1. The van der Waals surface area contributed by atoms with Gasteiger partial charge in [0.2, 0.25) is 5.91 Å². The van der Waals surface area contributed by atoms with Crippen LogP contribution in [0.1, 0.15) is 11.1 Å². The van der Waals surface area contributed by atoms with E-state index < -0.39 is 0 Å². The van der Waals surface area contributed by atoms with E-state index in [0.29, 0.717) is 11.7 Å². The van der Waals surface area contributed by atoms with Gasteiger partial charge in [-0.05, 0) is 48.7 Å². The van der Waals surface area contributed by atoms with E-state index in [-0.39, 0.29) is 11.7 Å². The summed E-state index contributed by atoms with van der Waals surface area (Å²) in [6, 6.07) is 25.8. The van der Waals surface area contributed by atoms with Crippen LogP contribution in [0.15, 0.2) is 84.0 Å². The first kappa shape index (κ1) is 22.6. The Kier molecular flexibility index (Phi) is 7.42. The van der Waals surface area contributed by atoms with Crippen LogP contribution in [0.4, 0.5) is 5.69 Å². The average molecular weight is 459 g/mol. The van der Waals surface area contributed by atoms with Crippen LogP contribution in [0.25, 0.3) is 11.4 Å². The lowest BCUT2D eigenvalue weighted by molar-refractivity contribution is -0.113. The summed E-state index contributed by atoms with van der Waals surface area (Å²) >= 11 is 1.38. The van der Waals surface area contributed by atoms with E-state index in [0.717, 1.165) is 34.8 Å². The number of aryl methyl sites for hydroxylation is 2. The summed E-state index contributed by atoms with van der Waals surface area (Å²) in [5, 5.41) is 12.5. The molecule has 0 unspecified atom stereocenters. The highest BCUT2D eigenvalue weighted by Crippen LogP contribution is 2.31. The molecule has 168 valence electrons. The fraction of sp³-hybridized carbons (Fsp3) is 0.192. The Bertz CT molecular complexity index is 1220. The lowest BCUT2D eigenvalue weighted by Crippen LogP contribution is -2.15. The monoisotopic (exact) mass is 458 g/mol. The first-order valence-electron chi connectivity index (χ1n) is 10.7. The minimum atomic E-state index is -0.0814. The standard InChI is InChI=1S/C26H26N4O2S/c1-19-9-8-12-21(17-19)27-24(31)18-33-26-29-28-25(22-13-6-7-14-23(22)32-2)30(26)16-15-20-10-4-3-5-11-20/h3-14,17H,15-16,18H2,1-2H3,(H,27,31). The van der Waals surface area contributed by atoms with Crippen LogP contribution in [0.5, 0.6) is 5.75 Å². The van der Waals surface area contributed by atoms with Crippen molar-refractivity contribution in [3.63, 3.8) is 0 Å². The third-order valence-electron chi connectivity index (χ3n) is 5.17. The molecule has 6 nitrogen and oxygen atoms in total. The van der Waals surface area contributed by atoms with Crippen molar-refractivity contribution in [3.8, 4) is 17.1 Å². The molecule has 1 amide bonds. The normalized spacial score (nSPS) is 10.7. The molecule has 0 aliphatic carbocycles. The number of nitrogens with zero attached hydrogens (tertiary/aromatic N) is 3. The van der Waals surface area contributed by atoms with Gasteiger partial charge in [-0.15, -0.1) is 10.2 Å². The van der Waals surface area contributed by atoms with Gasteiger partial charge in [-0.25, -0.2) is 0 Å². The molecule has 3 aromatic carbocycles. The van der Waals surface area contributed by atoms with Gasteiger partial charge < -0.3 is 14.6 Å². The molecule has 0 bridgehead atoms. The number of rotatable bonds is 9. The zero-order chi connectivity index (χ0) is 23.0. The maximum atomic E-state index is 12.6. The Morgan fingerprint density at radius 2 is 1.79 bits per heavy atom. The van der Waals surface area contributed by atoms with E-state index in [4.69, 9.17) is 4.74 Å². The number of para-hydroxylation sites is 1. The van der Waals surface area contributed by atoms with Crippen LogP contribution in [-0.4, -0.2) is 33.5 Å². The minimum absolute atomic E-state index is 0.0814. The van der Waals surface area contributed by atoms with Crippen LogP contribution in [-0.2, 0) is 17.8 Å². The average Bonchev–Trinajstić information content (AvgIpc) is 3.24. The second-order valence-corrected chi connectivity index (χ2v) is 8.54. The molecule has 1 heterocycles. The second-order valence-electron chi connectivity index (χ2n) is 7.60. The Morgan fingerprint density at radius 1 is 1.00 bits per heavy atom. The van der Waals surface area contributed by atoms with Crippen LogP contribution >= 0.6 is 11.8 Å². The van der Waals surface area contributed by atoms with Gasteiger partial charge in [0.1, 0.15) is 5.75 Å². The van der Waals surface area contributed by atoms with Gasteiger partial charge in [0.05, 0.1) is 18.4 Å². The molecule has 0 aliphatic rings. The number of aromatic nitrogens is 3. The Labute approximate surface area is 198 Å². The van der Waals surface area contributed by atoms with E-state index >= 15 is 0 Å². The highest BCUT2D eigenvalue weighted by Gasteiger charge is 2.18. The number of nitrogens with one attached hydrogen (secondary N) is 1. The maximum Gasteiger partial charge on any atom is 0.234 e. The van der Waals surface area contributed by atoms with Gasteiger partial charge in [-0.3, -0.25) is 4.79 Å². The van der Waals surface area contributed by atoms with Crippen LogP contribution in [0.2, 0.25) is 0 Å². The summed E-state index contributed by atoms with van der Waals surface area (Å²) in [6.45, 7) is 2.69. The Balaban J connectivity index is 1.55. The number of hydrogen-bond donors (Lipinski definition) is 1. The van der Waals surface area contributed by atoms with Crippen molar-refractivity contribution in [1.82, 2.24) is 14.8 Å². The van der Waals surface area contributed by atoms with Gasteiger partial charge in [0.15, 0.2) is 11.0 Å². The minimum Gasteiger partial charge on any atom is -0.496 e. The van der Waals surface area contributed by atoms with Crippen LogP contribution in [0.3, 0.4) is 0 Å². The van der Waals surface area contributed by atoms with Crippen molar-refractivity contribution in [1.29, 1.82) is 0 Å². The Hall–Kier alpha value is -3.58. The Morgan fingerprint density at radius 3 is 2.58 bits per heavy atom. The molecule has 7 heteroatoms. The molecule has 0 saturated carbocycles. The van der Waals surface area contributed by atoms with Gasteiger partial charge in [0, 0.05) is 12.2 Å². The molecule has 0 saturated heterocycles. The molecule has 0 aliphatic heterocycles. The van der Waals surface area contributed by atoms with Gasteiger partial charge in [-0.1, -0.05) is 66.4 Å². The van der Waals surface area contributed by atoms with Gasteiger partial charge in [0.25, 0.3) is 0 Å². The fourth-order valence-corrected chi connectivity index (χ4v) is 4.33. The topological polar surface area (TPSA) is 69.0 Å². The second kappa shape index (κ2) is 10.8. The molecule has 33 heavy (non-hydrogen) atoms. The summed E-state index contributed by atoms with van der Waals surface area (Å²) in [5.41, 5.74) is 3.99. The van der Waals surface area contributed by atoms with Crippen molar-refractivity contribution >= 4 is 23.4 Å². The molecular weight excluding hydrogens is 432 g/mol. The lowest BCUT2D eigenvalue weighted by Gasteiger charge is -2.12. The molecule has 4 aromatic rings. The zero-order valence-electron chi connectivity index (χ0n) is 18.7. The summed E-state index contributed by atoms with van der Waals surface area (Å²) in [4.78, 5) is 12.6. The number of methoxy groups -OCH3 is 1. The predicted molar refractivity (Wildman–Crippen MR) is 133 cm³/mol. The highest BCUT2D eigenvalue weighted by molar-refractivity contribution is 7.99. The van der Waals surface area contributed by atoms with E-state index in [1.54, 1.807) is 7.11 Å². The van der Waals surface area contributed by atoms with E-state index in [9.17, 15) is 4.79 Å². The first-order valence-corrected chi connectivity index (χ1v) is 11.7. The smallest absolute Gasteiger partial charge is 0.234 e. The van der Waals surface area contributed by atoms with Crippen LogP contribution < -0.4 is 10.1 Å². The van der Waals surface area contributed by atoms with Crippen LogP contribution in [0, 0.1) is 6.92 Å². The fourth-order valence-electron chi connectivity index (χ4n) is 3.56.